The van der Waals surface area contributed by atoms with Crippen molar-refractivity contribution in [1.29, 1.82) is 0 Å². The van der Waals surface area contributed by atoms with E-state index in [9.17, 15) is 4.79 Å². The Morgan fingerprint density at radius 3 is 2.80 bits per heavy atom. The van der Waals surface area contributed by atoms with Gasteiger partial charge in [0.15, 0.2) is 5.13 Å². The fourth-order valence-electron chi connectivity index (χ4n) is 3.01. The second kappa shape index (κ2) is 7.14. The standard InChI is InChI=1S/C18H19N5OS/c24-17(22-18-21-15-4-2-1-3-5-16(15)25-18)14-8-6-13(7-9-14)10-23-12-19-11-20-23/h6-9,11-12H,1-5,10H2,(H,21,22,24). The molecule has 6 nitrogen and oxygen atoms in total. The van der Waals surface area contributed by atoms with Crippen LogP contribution in [-0.4, -0.2) is 25.7 Å². The van der Waals surface area contributed by atoms with Crippen LogP contribution in [0.1, 0.15) is 45.8 Å². The Labute approximate surface area is 149 Å². The lowest BCUT2D eigenvalue weighted by atomic mass is 10.1. The number of hydrogen-bond acceptors (Lipinski definition) is 5. The molecule has 0 spiro atoms. The molecule has 0 atom stereocenters. The molecule has 2 heterocycles. The topological polar surface area (TPSA) is 72.7 Å². The van der Waals surface area contributed by atoms with Gasteiger partial charge in [0.1, 0.15) is 12.7 Å². The monoisotopic (exact) mass is 353 g/mol. The van der Waals surface area contributed by atoms with E-state index in [0.29, 0.717) is 17.2 Å². The van der Waals surface area contributed by atoms with Crippen LogP contribution in [0.2, 0.25) is 0 Å². The minimum absolute atomic E-state index is 0.115. The van der Waals surface area contributed by atoms with E-state index >= 15 is 0 Å². The molecule has 2 aromatic heterocycles. The molecule has 1 aliphatic rings. The Morgan fingerprint density at radius 1 is 1.16 bits per heavy atom. The Morgan fingerprint density at radius 2 is 2.00 bits per heavy atom. The van der Waals surface area contributed by atoms with Crippen LogP contribution in [0.15, 0.2) is 36.9 Å². The molecule has 1 amide bonds. The highest BCUT2D eigenvalue weighted by Crippen LogP contribution is 2.29. The van der Waals surface area contributed by atoms with E-state index in [1.54, 1.807) is 22.3 Å². The summed E-state index contributed by atoms with van der Waals surface area (Å²) in [7, 11) is 0. The number of nitrogens with zero attached hydrogens (tertiary/aromatic N) is 4. The Bertz CT molecular complexity index is 831. The number of aromatic nitrogens is 4. The summed E-state index contributed by atoms with van der Waals surface area (Å²) in [6.07, 6.45) is 8.97. The number of anilines is 1. The average molecular weight is 353 g/mol. The molecular formula is C18H19N5OS. The maximum atomic E-state index is 12.5. The van der Waals surface area contributed by atoms with Gasteiger partial charge in [-0.15, -0.1) is 11.3 Å². The van der Waals surface area contributed by atoms with Crippen molar-refractivity contribution in [2.45, 2.75) is 38.6 Å². The molecular weight excluding hydrogens is 334 g/mol. The van der Waals surface area contributed by atoms with E-state index in [1.165, 1.54) is 36.2 Å². The zero-order chi connectivity index (χ0) is 17.1. The van der Waals surface area contributed by atoms with Crippen molar-refractivity contribution in [2.24, 2.45) is 0 Å². The molecule has 3 aromatic rings. The van der Waals surface area contributed by atoms with Gasteiger partial charge >= 0.3 is 0 Å². The predicted molar refractivity (Wildman–Crippen MR) is 96.9 cm³/mol. The number of rotatable bonds is 4. The molecule has 128 valence electrons. The highest BCUT2D eigenvalue weighted by molar-refractivity contribution is 7.15. The zero-order valence-corrected chi connectivity index (χ0v) is 14.6. The molecule has 1 aliphatic carbocycles. The van der Waals surface area contributed by atoms with Crippen LogP contribution in [-0.2, 0) is 19.4 Å². The molecule has 1 aromatic carbocycles. The molecule has 7 heteroatoms. The average Bonchev–Trinajstić information content (AvgIpc) is 3.21. The van der Waals surface area contributed by atoms with Gasteiger partial charge in [0.05, 0.1) is 12.2 Å². The number of amides is 1. The number of carbonyl (C=O) groups excluding carboxylic acids is 1. The third-order valence-corrected chi connectivity index (χ3v) is 5.42. The third kappa shape index (κ3) is 3.76. The van der Waals surface area contributed by atoms with Gasteiger partial charge in [0.2, 0.25) is 0 Å². The maximum Gasteiger partial charge on any atom is 0.257 e. The van der Waals surface area contributed by atoms with Gasteiger partial charge in [-0.2, -0.15) is 5.10 Å². The molecule has 4 rings (SSSR count). The van der Waals surface area contributed by atoms with Crippen molar-refractivity contribution in [2.75, 3.05) is 5.32 Å². The van der Waals surface area contributed by atoms with Crippen molar-refractivity contribution in [3.63, 3.8) is 0 Å². The lowest BCUT2D eigenvalue weighted by molar-refractivity contribution is 0.102. The van der Waals surface area contributed by atoms with Crippen molar-refractivity contribution >= 4 is 22.4 Å². The van der Waals surface area contributed by atoms with Crippen molar-refractivity contribution < 1.29 is 4.79 Å². The number of benzene rings is 1. The molecule has 0 saturated heterocycles. The molecule has 0 saturated carbocycles. The summed E-state index contributed by atoms with van der Waals surface area (Å²) >= 11 is 1.62. The van der Waals surface area contributed by atoms with E-state index in [0.717, 1.165) is 18.4 Å². The SMILES string of the molecule is O=C(Nc1nc2c(s1)CCCCC2)c1ccc(Cn2cncn2)cc1. The molecule has 0 unspecified atom stereocenters. The van der Waals surface area contributed by atoms with Crippen LogP contribution in [0.3, 0.4) is 0 Å². The number of thiazole rings is 1. The minimum Gasteiger partial charge on any atom is -0.298 e. The van der Waals surface area contributed by atoms with Gasteiger partial charge in [-0.05, 0) is 43.4 Å². The Balaban J connectivity index is 1.42. The van der Waals surface area contributed by atoms with E-state index < -0.39 is 0 Å². The molecule has 0 bridgehead atoms. The van der Waals surface area contributed by atoms with Gasteiger partial charge in [0.25, 0.3) is 5.91 Å². The molecule has 0 fully saturated rings. The number of aryl methyl sites for hydroxylation is 2. The van der Waals surface area contributed by atoms with Crippen LogP contribution < -0.4 is 5.32 Å². The van der Waals surface area contributed by atoms with Crippen LogP contribution in [0.4, 0.5) is 5.13 Å². The summed E-state index contributed by atoms with van der Waals surface area (Å²) in [6.45, 7) is 0.640. The Hall–Kier alpha value is -2.54. The van der Waals surface area contributed by atoms with Gasteiger partial charge in [-0.25, -0.2) is 14.6 Å². The zero-order valence-electron chi connectivity index (χ0n) is 13.8. The number of hydrogen-bond donors (Lipinski definition) is 1. The fourth-order valence-corrected chi connectivity index (χ4v) is 4.06. The van der Waals surface area contributed by atoms with Crippen LogP contribution in [0.25, 0.3) is 0 Å². The predicted octanol–water partition coefficient (Wildman–Crippen LogP) is 3.30. The highest BCUT2D eigenvalue weighted by Gasteiger charge is 2.16. The first kappa shape index (κ1) is 16.0. The summed E-state index contributed by atoms with van der Waals surface area (Å²) in [6, 6.07) is 7.54. The van der Waals surface area contributed by atoms with Crippen molar-refractivity contribution in [3.05, 3.63) is 58.6 Å². The summed E-state index contributed by atoms with van der Waals surface area (Å²) < 4.78 is 1.75. The minimum atomic E-state index is -0.115. The van der Waals surface area contributed by atoms with E-state index in [2.05, 4.69) is 20.4 Å². The first-order valence-electron chi connectivity index (χ1n) is 8.49. The van der Waals surface area contributed by atoms with Crippen LogP contribution >= 0.6 is 11.3 Å². The quantitative estimate of drug-likeness (QED) is 0.731. The summed E-state index contributed by atoms with van der Waals surface area (Å²) in [5.41, 5.74) is 2.87. The molecule has 0 aliphatic heterocycles. The van der Waals surface area contributed by atoms with E-state index in [1.807, 2.05) is 24.3 Å². The fraction of sp³-hybridized carbons (Fsp3) is 0.333. The lowest BCUT2D eigenvalue weighted by Gasteiger charge is -2.04. The molecule has 1 N–H and O–H groups in total. The summed E-state index contributed by atoms with van der Waals surface area (Å²) in [5, 5.41) is 7.74. The van der Waals surface area contributed by atoms with Crippen LogP contribution in [0.5, 0.6) is 0 Å². The highest BCUT2D eigenvalue weighted by atomic mass is 32.1. The van der Waals surface area contributed by atoms with E-state index in [-0.39, 0.29) is 5.91 Å². The van der Waals surface area contributed by atoms with E-state index in [4.69, 9.17) is 0 Å². The molecule has 0 radical (unpaired) electrons. The van der Waals surface area contributed by atoms with Crippen molar-refractivity contribution in [3.8, 4) is 0 Å². The largest absolute Gasteiger partial charge is 0.298 e. The first-order valence-corrected chi connectivity index (χ1v) is 9.31. The number of nitrogens with one attached hydrogen (secondary N) is 1. The van der Waals surface area contributed by atoms with Gasteiger partial charge in [-0.3, -0.25) is 10.1 Å². The number of fused-ring (bicyclic) bond motifs is 1. The normalized spacial score (nSPS) is 13.9. The summed E-state index contributed by atoms with van der Waals surface area (Å²) in [5.74, 6) is -0.115. The summed E-state index contributed by atoms with van der Waals surface area (Å²) in [4.78, 5) is 22.3. The van der Waals surface area contributed by atoms with Crippen molar-refractivity contribution in [1.82, 2.24) is 19.7 Å². The van der Waals surface area contributed by atoms with Gasteiger partial charge in [-0.1, -0.05) is 18.6 Å². The van der Waals surface area contributed by atoms with Gasteiger partial charge in [0, 0.05) is 10.4 Å². The second-order valence-corrected chi connectivity index (χ2v) is 7.28. The second-order valence-electron chi connectivity index (χ2n) is 6.19. The lowest BCUT2D eigenvalue weighted by Crippen LogP contribution is -2.12. The van der Waals surface area contributed by atoms with Crippen LogP contribution in [0, 0.1) is 0 Å². The first-order chi connectivity index (χ1) is 12.3. The maximum absolute atomic E-state index is 12.5. The smallest absolute Gasteiger partial charge is 0.257 e. The Kier molecular flexibility index (Phi) is 4.56. The third-order valence-electron chi connectivity index (χ3n) is 4.34. The number of carbonyl (C=O) groups is 1. The molecule has 25 heavy (non-hydrogen) atoms. The van der Waals surface area contributed by atoms with Gasteiger partial charge < -0.3 is 0 Å².